The predicted molar refractivity (Wildman–Crippen MR) is 122 cm³/mol. The van der Waals surface area contributed by atoms with E-state index in [9.17, 15) is 14.9 Å². The quantitative estimate of drug-likeness (QED) is 0.338. The van der Waals surface area contributed by atoms with Crippen LogP contribution in [0, 0.1) is 11.3 Å². The molecule has 1 aromatic heterocycles. The number of hydrogen-bond acceptors (Lipinski definition) is 5. The topological polar surface area (TPSA) is 85.0 Å². The Bertz CT molecular complexity index is 1160. The van der Waals surface area contributed by atoms with Gasteiger partial charge in [-0.2, -0.15) is 5.26 Å². The largest absolute Gasteiger partial charge is 0.465 e. The Hall–Kier alpha value is -3.43. The number of benzene rings is 2. The predicted octanol–water partition coefficient (Wildman–Crippen LogP) is 5.01. The summed E-state index contributed by atoms with van der Waals surface area (Å²) in [6.07, 6.45) is 2.97. The van der Waals surface area contributed by atoms with Gasteiger partial charge < -0.3 is 9.30 Å². The van der Waals surface area contributed by atoms with Crippen LogP contribution in [0.4, 0.5) is 0 Å². The minimum absolute atomic E-state index is 0.179. The second kappa shape index (κ2) is 10.7. The van der Waals surface area contributed by atoms with E-state index in [1.54, 1.807) is 36.4 Å². The molecule has 0 fully saturated rings. The average Bonchev–Trinajstić information content (AvgIpc) is 3.11. The molecular formula is C25H24ClN3O3. The van der Waals surface area contributed by atoms with Gasteiger partial charge in [-0.15, -0.1) is 0 Å². The van der Waals surface area contributed by atoms with Gasteiger partial charge in [0.2, 0.25) is 0 Å². The van der Waals surface area contributed by atoms with Gasteiger partial charge in [-0.3, -0.25) is 4.79 Å². The van der Waals surface area contributed by atoms with E-state index in [0.717, 1.165) is 30.7 Å². The summed E-state index contributed by atoms with van der Waals surface area (Å²) in [5.41, 5.74) is 2.66. The van der Waals surface area contributed by atoms with Crippen molar-refractivity contribution >= 4 is 23.4 Å². The third-order valence-electron chi connectivity index (χ3n) is 5.24. The molecule has 0 spiro atoms. The number of unbranched alkanes of at least 4 members (excludes halogenated alkanes) is 1. The Labute approximate surface area is 192 Å². The van der Waals surface area contributed by atoms with Crippen LogP contribution in [0.1, 0.15) is 63.1 Å². The minimum Gasteiger partial charge on any atom is -0.465 e. The molecule has 0 aliphatic rings. The van der Waals surface area contributed by atoms with Crippen molar-refractivity contribution in [1.29, 1.82) is 5.26 Å². The molecule has 0 saturated heterocycles. The summed E-state index contributed by atoms with van der Waals surface area (Å²) in [5.74, 6) is 0.0541. The number of methoxy groups -OCH3 is 1. The van der Waals surface area contributed by atoms with Crippen molar-refractivity contribution < 1.29 is 14.3 Å². The van der Waals surface area contributed by atoms with E-state index < -0.39 is 5.97 Å². The van der Waals surface area contributed by atoms with Crippen molar-refractivity contribution in [2.75, 3.05) is 7.11 Å². The van der Waals surface area contributed by atoms with Crippen LogP contribution in [0.3, 0.4) is 0 Å². The molecule has 2 aromatic carbocycles. The summed E-state index contributed by atoms with van der Waals surface area (Å²) < 4.78 is 6.78. The molecule has 32 heavy (non-hydrogen) atoms. The highest BCUT2D eigenvalue weighted by molar-refractivity contribution is 6.30. The zero-order valence-electron chi connectivity index (χ0n) is 18.1. The van der Waals surface area contributed by atoms with Crippen molar-refractivity contribution in [3.05, 3.63) is 87.5 Å². The molecule has 0 aliphatic carbocycles. The molecule has 1 heterocycles. The number of esters is 1. The molecular weight excluding hydrogens is 426 g/mol. The maximum atomic E-state index is 13.0. The van der Waals surface area contributed by atoms with Crippen molar-refractivity contribution in [1.82, 2.24) is 9.55 Å². The lowest BCUT2D eigenvalue weighted by atomic mass is 9.97. The SMILES string of the molecule is CCCCc1nc(Cl)c(CC#N)n1Cc1ccc(C(=O)c2ccccc2C(=O)OC)cc1. The summed E-state index contributed by atoms with van der Waals surface area (Å²) in [5, 5.41) is 9.55. The maximum absolute atomic E-state index is 13.0. The second-order valence-corrected chi connectivity index (χ2v) is 7.71. The van der Waals surface area contributed by atoms with Gasteiger partial charge in [-0.05, 0) is 18.1 Å². The molecule has 0 aliphatic heterocycles. The number of nitriles is 1. The number of aryl methyl sites for hydroxylation is 1. The van der Waals surface area contributed by atoms with Crippen LogP contribution in [0.15, 0.2) is 48.5 Å². The van der Waals surface area contributed by atoms with Gasteiger partial charge in [0.25, 0.3) is 0 Å². The smallest absolute Gasteiger partial charge is 0.338 e. The number of rotatable bonds is 9. The van der Waals surface area contributed by atoms with Crippen molar-refractivity contribution in [3.8, 4) is 6.07 Å². The van der Waals surface area contributed by atoms with Gasteiger partial charge >= 0.3 is 5.97 Å². The highest BCUT2D eigenvalue weighted by Crippen LogP contribution is 2.22. The van der Waals surface area contributed by atoms with Crippen LogP contribution < -0.4 is 0 Å². The number of carbonyl (C=O) groups is 2. The van der Waals surface area contributed by atoms with Gasteiger partial charge in [0.05, 0.1) is 30.9 Å². The van der Waals surface area contributed by atoms with E-state index in [0.29, 0.717) is 28.5 Å². The Morgan fingerprint density at radius 2 is 1.81 bits per heavy atom. The standard InChI is InChI=1S/C25H24ClN3O3/c1-3-4-9-22-28-24(26)21(14-15-27)29(22)16-17-10-12-18(13-11-17)23(30)19-7-5-6-8-20(19)25(31)32-2/h5-8,10-13H,3-4,9,14,16H2,1-2H3. The van der Waals surface area contributed by atoms with Crippen LogP contribution in [-0.4, -0.2) is 28.4 Å². The van der Waals surface area contributed by atoms with Crippen LogP contribution in [0.5, 0.6) is 0 Å². The zero-order valence-corrected chi connectivity index (χ0v) is 18.9. The Kier molecular flexibility index (Phi) is 7.80. The molecule has 0 saturated carbocycles. The van der Waals surface area contributed by atoms with E-state index in [-0.39, 0.29) is 17.8 Å². The van der Waals surface area contributed by atoms with Gasteiger partial charge in [0.15, 0.2) is 10.9 Å². The van der Waals surface area contributed by atoms with E-state index in [1.807, 2.05) is 16.7 Å². The lowest BCUT2D eigenvalue weighted by Crippen LogP contribution is -2.12. The Morgan fingerprint density at radius 3 is 2.44 bits per heavy atom. The zero-order chi connectivity index (χ0) is 23.1. The lowest BCUT2D eigenvalue weighted by Gasteiger charge is -2.12. The summed E-state index contributed by atoms with van der Waals surface area (Å²) in [6, 6.07) is 15.9. The highest BCUT2D eigenvalue weighted by atomic mass is 35.5. The number of aromatic nitrogens is 2. The number of hydrogen-bond donors (Lipinski definition) is 0. The fraction of sp³-hybridized carbons (Fsp3) is 0.280. The second-order valence-electron chi connectivity index (χ2n) is 7.35. The van der Waals surface area contributed by atoms with Gasteiger partial charge in [0, 0.05) is 24.1 Å². The molecule has 7 heteroatoms. The van der Waals surface area contributed by atoms with Crippen LogP contribution in [0.2, 0.25) is 5.15 Å². The van der Waals surface area contributed by atoms with Crippen LogP contribution >= 0.6 is 11.6 Å². The molecule has 0 atom stereocenters. The summed E-state index contributed by atoms with van der Waals surface area (Å²) in [7, 11) is 1.29. The number of carbonyl (C=O) groups excluding carboxylic acids is 2. The highest BCUT2D eigenvalue weighted by Gasteiger charge is 2.19. The van der Waals surface area contributed by atoms with Crippen LogP contribution in [0.25, 0.3) is 0 Å². The third kappa shape index (κ3) is 5.06. The first kappa shape index (κ1) is 23.2. The van der Waals surface area contributed by atoms with Gasteiger partial charge in [-0.25, -0.2) is 9.78 Å². The van der Waals surface area contributed by atoms with Crippen molar-refractivity contribution in [2.24, 2.45) is 0 Å². The van der Waals surface area contributed by atoms with E-state index in [1.165, 1.54) is 7.11 Å². The molecule has 0 radical (unpaired) electrons. The molecule has 6 nitrogen and oxygen atoms in total. The summed E-state index contributed by atoms with van der Waals surface area (Å²) >= 11 is 6.30. The molecule has 0 N–H and O–H groups in total. The summed E-state index contributed by atoms with van der Waals surface area (Å²) in [6.45, 7) is 2.61. The molecule has 0 bridgehead atoms. The van der Waals surface area contributed by atoms with E-state index in [4.69, 9.17) is 16.3 Å². The molecule has 164 valence electrons. The van der Waals surface area contributed by atoms with Crippen molar-refractivity contribution in [3.63, 3.8) is 0 Å². The Balaban J connectivity index is 1.87. The monoisotopic (exact) mass is 449 g/mol. The molecule has 0 amide bonds. The maximum Gasteiger partial charge on any atom is 0.338 e. The van der Waals surface area contributed by atoms with Gasteiger partial charge in [0.1, 0.15) is 5.82 Å². The number of imidazole rings is 1. The number of ether oxygens (including phenoxy) is 1. The van der Waals surface area contributed by atoms with Crippen molar-refractivity contribution in [2.45, 2.75) is 39.2 Å². The normalized spacial score (nSPS) is 10.6. The average molecular weight is 450 g/mol. The summed E-state index contributed by atoms with van der Waals surface area (Å²) in [4.78, 5) is 29.5. The molecule has 3 rings (SSSR count). The number of halogens is 1. The Morgan fingerprint density at radius 1 is 1.12 bits per heavy atom. The number of nitrogens with zero attached hydrogens (tertiary/aromatic N) is 3. The first-order chi connectivity index (χ1) is 15.5. The van der Waals surface area contributed by atoms with E-state index >= 15 is 0 Å². The minimum atomic E-state index is -0.549. The van der Waals surface area contributed by atoms with Gasteiger partial charge in [-0.1, -0.05) is 67.4 Å². The fourth-order valence-electron chi connectivity index (χ4n) is 3.53. The number of ketones is 1. The lowest BCUT2D eigenvalue weighted by molar-refractivity contribution is 0.0597. The first-order valence-corrected chi connectivity index (χ1v) is 10.8. The molecule has 0 unspecified atom stereocenters. The third-order valence-corrected chi connectivity index (χ3v) is 5.54. The fourth-order valence-corrected chi connectivity index (χ4v) is 3.80. The van der Waals surface area contributed by atoms with Crippen LogP contribution in [-0.2, 0) is 24.1 Å². The first-order valence-electron chi connectivity index (χ1n) is 10.4. The van der Waals surface area contributed by atoms with E-state index in [2.05, 4.69) is 18.0 Å². The molecule has 3 aromatic rings.